The van der Waals surface area contributed by atoms with E-state index >= 15 is 0 Å². The first kappa shape index (κ1) is 21.5. The first-order chi connectivity index (χ1) is 13.8. The number of halogens is 2. The van der Waals surface area contributed by atoms with E-state index in [1.54, 1.807) is 13.8 Å². The highest BCUT2D eigenvalue weighted by Crippen LogP contribution is 2.37. The molecule has 1 aliphatic carbocycles. The number of hydrogen-bond donors (Lipinski definition) is 0. The summed E-state index contributed by atoms with van der Waals surface area (Å²) in [7, 11) is 0. The molecule has 0 saturated heterocycles. The van der Waals surface area contributed by atoms with Crippen molar-refractivity contribution in [3.63, 3.8) is 0 Å². The van der Waals surface area contributed by atoms with Gasteiger partial charge in [-0.2, -0.15) is 0 Å². The Bertz CT molecular complexity index is 805. The standard InChI is InChI=1S/C26H32F2O/c1-17(2)5-6-19-7-9-20(10-8-19)21-11-13-22(14-12-21)23-15-24(27)26(25(28)16-23)29-18(3)4/h5-6,11-20H,7-10H2,1-4H3. The van der Waals surface area contributed by atoms with Crippen molar-refractivity contribution in [1.82, 2.24) is 0 Å². The highest BCUT2D eigenvalue weighted by Gasteiger charge is 2.21. The minimum Gasteiger partial charge on any atom is -0.485 e. The molecule has 0 radical (unpaired) electrons. The summed E-state index contributed by atoms with van der Waals surface area (Å²) in [6.07, 6.45) is 9.26. The van der Waals surface area contributed by atoms with Crippen molar-refractivity contribution in [3.05, 3.63) is 65.7 Å². The molecule has 0 N–H and O–H groups in total. The van der Waals surface area contributed by atoms with Gasteiger partial charge in [-0.1, -0.05) is 50.3 Å². The van der Waals surface area contributed by atoms with Crippen LogP contribution in [-0.4, -0.2) is 6.10 Å². The fourth-order valence-corrected chi connectivity index (χ4v) is 4.05. The summed E-state index contributed by atoms with van der Waals surface area (Å²) in [5, 5.41) is 0. The Morgan fingerprint density at radius 2 is 1.45 bits per heavy atom. The summed E-state index contributed by atoms with van der Waals surface area (Å²) in [4.78, 5) is 0. The zero-order chi connectivity index (χ0) is 21.0. The molecule has 0 aromatic heterocycles. The van der Waals surface area contributed by atoms with E-state index in [1.807, 2.05) is 12.1 Å². The molecule has 0 atom stereocenters. The van der Waals surface area contributed by atoms with E-state index in [2.05, 4.69) is 38.1 Å². The third-order valence-corrected chi connectivity index (χ3v) is 5.61. The van der Waals surface area contributed by atoms with Gasteiger partial charge >= 0.3 is 0 Å². The van der Waals surface area contributed by atoms with Crippen LogP contribution in [0, 0.1) is 23.5 Å². The lowest BCUT2D eigenvalue weighted by molar-refractivity contribution is 0.219. The largest absolute Gasteiger partial charge is 0.485 e. The molecule has 156 valence electrons. The van der Waals surface area contributed by atoms with Crippen molar-refractivity contribution in [1.29, 1.82) is 0 Å². The summed E-state index contributed by atoms with van der Waals surface area (Å²) < 4.78 is 33.9. The monoisotopic (exact) mass is 398 g/mol. The van der Waals surface area contributed by atoms with E-state index in [0.717, 1.165) is 5.56 Å². The van der Waals surface area contributed by atoms with Crippen molar-refractivity contribution in [2.75, 3.05) is 0 Å². The third-order valence-electron chi connectivity index (χ3n) is 5.61. The molecule has 2 aromatic carbocycles. The smallest absolute Gasteiger partial charge is 0.191 e. The van der Waals surface area contributed by atoms with Gasteiger partial charge in [-0.15, -0.1) is 0 Å². The van der Waals surface area contributed by atoms with Crippen molar-refractivity contribution < 1.29 is 13.5 Å². The van der Waals surface area contributed by atoms with Crippen LogP contribution in [0.4, 0.5) is 8.78 Å². The molecule has 1 fully saturated rings. The molecular weight excluding hydrogens is 366 g/mol. The van der Waals surface area contributed by atoms with Gasteiger partial charge in [0.15, 0.2) is 17.4 Å². The Morgan fingerprint density at radius 1 is 0.862 bits per heavy atom. The molecule has 1 saturated carbocycles. The highest BCUT2D eigenvalue weighted by molar-refractivity contribution is 5.65. The van der Waals surface area contributed by atoms with Crippen molar-refractivity contribution in [2.45, 2.75) is 65.4 Å². The first-order valence-corrected chi connectivity index (χ1v) is 10.8. The molecule has 29 heavy (non-hydrogen) atoms. The lowest BCUT2D eigenvalue weighted by Gasteiger charge is -2.27. The maximum absolute atomic E-state index is 14.3. The van der Waals surface area contributed by atoms with Gasteiger partial charge in [0.2, 0.25) is 0 Å². The fraction of sp³-hybridized carbons (Fsp3) is 0.462. The minimum atomic E-state index is -0.662. The molecule has 0 amide bonds. The van der Waals surface area contributed by atoms with Crippen LogP contribution in [0.25, 0.3) is 11.1 Å². The molecule has 2 aromatic rings. The van der Waals surface area contributed by atoms with Gasteiger partial charge < -0.3 is 4.74 Å². The Balaban J connectivity index is 1.68. The lowest BCUT2D eigenvalue weighted by Crippen LogP contribution is -2.11. The summed E-state index contributed by atoms with van der Waals surface area (Å²) in [5.41, 5.74) is 2.67. The number of allylic oxidation sites excluding steroid dienone is 2. The SMILES string of the molecule is CC(C)C=CC1CCC(c2ccc(-c3cc(F)c(OC(C)C)c(F)c3)cc2)CC1. The predicted molar refractivity (Wildman–Crippen MR) is 116 cm³/mol. The molecule has 3 rings (SSSR count). The second-order valence-electron chi connectivity index (χ2n) is 8.80. The number of rotatable bonds is 6. The molecule has 0 spiro atoms. The normalized spacial score (nSPS) is 20.0. The van der Waals surface area contributed by atoms with Crippen LogP contribution in [0.1, 0.15) is 64.9 Å². The summed E-state index contributed by atoms with van der Waals surface area (Å²) in [6, 6.07) is 10.9. The molecule has 0 unspecified atom stereocenters. The van der Waals surface area contributed by atoms with Gasteiger partial charge in [-0.3, -0.25) is 0 Å². The van der Waals surface area contributed by atoms with E-state index in [0.29, 0.717) is 23.3 Å². The van der Waals surface area contributed by atoms with Gasteiger partial charge in [0.1, 0.15) is 0 Å². The lowest BCUT2D eigenvalue weighted by atomic mass is 9.78. The zero-order valence-electron chi connectivity index (χ0n) is 17.9. The van der Waals surface area contributed by atoms with Crippen LogP contribution in [0.15, 0.2) is 48.6 Å². The summed E-state index contributed by atoms with van der Waals surface area (Å²) in [5.74, 6) is 0.258. The van der Waals surface area contributed by atoms with Crippen LogP contribution in [0.5, 0.6) is 5.75 Å². The van der Waals surface area contributed by atoms with Crippen molar-refractivity contribution in [2.24, 2.45) is 11.8 Å². The van der Waals surface area contributed by atoms with E-state index in [9.17, 15) is 8.78 Å². The molecule has 1 aliphatic rings. The zero-order valence-corrected chi connectivity index (χ0v) is 17.9. The predicted octanol–water partition coefficient (Wildman–Crippen LogP) is 7.91. The molecular formula is C26H32F2O. The summed E-state index contributed by atoms with van der Waals surface area (Å²) in [6.45, 7) is 7.93. The average Bonchev–Trinajstić information content (AvgIpc) is 2.69. The van der Waals surface area contributed by atoms with Crippen LogP contribution in [0.2, 0.25) is 0 Å². The van der Waals surface area contributed by atoms with E-state index in [-0.39, 0.29) is 11.9 Å². The Labute approximate surface area is 173 Å². The van der Waals surface area contributed by atoms with Gasteiger partial charge in [0.25, 0.3) is 0 Å². The van der Waals surface area contributed by atoms with E-state index in [4.69, 9.17) is 4.74 Å². The topological polar surface area (TPSA) is 9.23 Å². The van der Waals surface area contributed by atoms with Gasteiger partial charge in [-0.25, -0.2) is 8.78 Å². The molecule has 0 aliphatic heterocycles. The Morgan fingerprint density at radius 3 is 1.97 bits per heavy atom. The number of hydrogen-bond acceptors (Lipinski definition) is 1. The van der Waals surface area contributed by atoms with Crippen LogP contribution >= 0.6 is 0 Å². The van der Waals surface area contributed by atoms with Crippen molar-refractivity contribution in [3.8, 4) is 16.9 Å². The second-order valence-corrected chi connectivity index (χ2v) is 8.80. The maximum atomic E-state index is 14.3. The van der Waals surface area contributed by atoms with E-state index < -0.39 is 11.6 Å². The third kappa shape index (κ3) is 5.68. The average molecular weight is 399 g/mol. The highest BCUT2D eigenvalue weighted by atomic mass is 19.1. The molecule has 0 bridgehead atoms. The minimum absolute atomic E-state index is 0.278. The van der Waals surface area contributed by atoms with Crippen LogP contribution < -0.4 is 4.74 Å². The van der Waals surface area contributed by atoms with Gasteiger partial charge in [0, 0.05) is 0 Å². The van der Waals surface area contributed by atoms with Crippen LogP contribution in [0.3, 0.4) is 0 Å². The van der Waals surface area contributed by atoms with Gasteiger partial charge in [-0.05, 0) is 86.1 Å². The number of benzene rings is 2. The molecule has 3 heteroatoms. The molecule has 1 nitrogen and oxygen atoms in total. The first-order valence-electron chi connectivity index (χ1n) is 10.8. The maximum Gasteiger partial charge on any atom is 0.191 e. The Hall–Kier alpha value is -2.16. The van der Waals surface area contributed by atoms with Crippen molar-refractivity contribution >= 4 is 0 Å². The van der Waals surface area contributed by atoms with Gasteiger partial charge in [0.05, 0.1) is 6.10 Å². The Kier molecular flexibility index (Phi) is 7.10. The number of ether oxygens (including phenoxy) is 1. The molecule has 0 heterocycles. The quantitative estimate of drug-likeness (QED) is 0.449. The second kappa shape index (κ2) is 9.56. The summed E-state index contributed by atoms with van der Waals surface area (Å²) >= 11 is 0. The van der Waals surface area contributed by atoms with E-state index in [1.165, 1.54) is 43.4 Å². The fourth-order valence-electron chi connectivity index (χ4n) is 4.05. The van der Waals surface area contributed by atoms with Crippen LogP contribution in [-0.2, 0) is 0 Å².